The Morgan fingerprint density at radius 1 is 1.10 bits per heavy atom. The molecule has 2 aromatic carbocycles. The van der Waals surface area contributed by atoms with Crippen molar-refractivity contribution in [3.05, 3.63) is 65.3 Å². The van der Waals surface area contributed by atoms with Gasteiger partial charge in [-0.05, 0) is 42.8 Å². The van der Waals surface area contributed by atoms with Crippen LogP contribution in [0.4, 0.5) is 5.69 Å². The van der Waals surface area contributed by atoms with Crippen LogP contribution in [0, 0.1) is 6.92 Å². The Hall–Kier alpha value is -1.93. The molecule has 3 rings (SSSR count). The van der Waals surface area contributed by atoms with E-state index in [-0.39, 0.29) is 0 Å². The number of aromatic nitrogens is 1. The fraction of sp³-hybridized carbons (Fsp3) is 0.176. The molecule has 0 aliphatic heterocycles. The number of anilines is 1. The van der Waals surface area contributed by atoms with Crippen LogP contribution in [0.5, 0.6) is 0 Å². The van der Waals surface area contributed by atoms with Crippen LogP contribution in [0.1, 0.15) is 5.56 Å². The van der Waals surface area contributed by atoms with E-state index in [1.807, 2.05) is 24.3 Å². The van der Waals surface area contributed by atoms with Gasteiger partial charge < -0.3 is 9.88 Å². The molecule has 102 valence electrons. The summed E-state index contributed by atoms with van der Waals surface area (Å²) in [4.78, 5) is 0. The molecule has 0 aliphatic carbocycles. The molecule has 2 nitrogen and oxygen atoms in total. The normalized spacial score (nSPS) is 10.9. The first-order valence-electron chi connectivity index (χ1n) is 6.78. The summed E-state index contributed by atoms with van der Waals surface area (Å²) in [6, 6.07) is 16.4. The van der Waals surface area contributed by atoms with E-state index in [4.69, 9.17) is 11.6 Å². The average molecular weight is 285 g/mol. The molecule has 0 saturated carbocycles. The lowest BCUT2D eigenvalue weighted by atomic mass is 10.1. The van der Waals surface area contributed by atoms with Crippen molar-refractivity contribution in [2.45, 2.75) is 13.5 Å². The maximum absolute atomic E-state index is 5.97. The van der Waals surface area contributed by atoms with Gasteiger partial charge in [0.25, 0.3) is 0 Å². The number of halogens is 1. The van der Waals surface area contributed by atoms with Gasteiger partial charge in [0.1, 0.15) is 0 Å². The number of hydrogen-bond donors (Lipinski definition) is 1. The van der Waals surface area contributed by atoms with Crippen molar-refractivity contribution in [1.82, 2.24) is 4.57 Å². The lowest BCUT2D eigenvalue weighted by Crippen LogP contribution is -2.09. The Balaban J connectivity index is 1.70. The number of benzene rings is 2. The number of nitrogens with zero attached hydrogens (tertiary/aromatic N) is 1. The topological polar surface area (TPSA) is 17.0 Å². The van der Waals surface area contributed by atoms with Gasteiger partial charge in [0, 0.05) is 40.9 Å². The van der Waals surface area contributed by atoms with Crippen LogP contribution < -0.4 is 5.32 Å². The van der Waals surface area contributed by atoms with Crippen LogP contribution in [0.3, 0.4) is 0 Å². The van der Waals surface area contributed by atoms with E-state index < -0.39 is 0 Å². The number of nitrogens with one attached hydrogen (secondary N) is 1. The number of hydrogen-bond acceptors (Lipinski definition) is 1. The highest BCUT2D eigenvalue weighted by Gasteiger charge is 2.02. The molecule has 0 unspecified atom stereocenters. The van der Waals surface area contributed by atoms with Crippen molar-refractivity contribution in [3.8, 4) is 0 Å². The maximum Gasteiger partial charge on any atom is 0.0483 e. The molecule has 0 amide bonds. The third-order valence-electron chi connectivity index (χ3n) is 3.54. The molecule has 0 atom stereocenters. The van der Waals surface area contributed by atoms with Crippen LogP contribution in [0.2, 0.25) is 5.02 Å². The molecule has 1 aromatic heterocycles. The summed E-state index contributed by atoms with van der Waals surface area (Å²) < 4.78 is 2.28. The van der Waals surface area contributed by atoms with Crippen molar-refractivity contribution >= 4 is 28.2 Å². The van der Waals surface area contributed by atoms with Crippen molar-refractivity contribution < 1.29 is 0 Å². The summed E-state index contributed by atoms with van der Waals surface area (Å²) in [6.45, 7) is 3.95. The molecule has 1 N–H and O–H groups in total. The van der Waals surface area contributed by atoms with Gasteiger partial charge >= 0.3 is 0 Å². The van der Waals surface area contributed by atoms with Crippen LogP contribution in [0.15, 0.2) is 54.7 Å². The number of fused-ring (bicyclic) bond motifs is 1. The highest BCUT2D eigenvalue weighted by Crippen LogP contribution is 2.19. The van der Waals surface area contributed by atoms with E-state index in [2.05, 4.69) is 47.3 Å². The smallest absolute Gasteiger partial charge is 0.0483 e. The first-order chi connectivity index (χ1) is 9.74. The molecule has 20 heavy (non-hydrogen) atoms. The Kier molecular flexibility index (Phi) is 3.66. The van der Waals surface area contributed by atoms with Gasteiger partial charge in [-0.2, -0.15) is 0 Å². The Morgan fingerprint density at radius 2 is 1.95 bits per heavy atom. The molecule has 1 heterocycles. The predicted molar refractivity (Wildman–Crippen MR) is 86.6 cm³/mol. The zero-order chi connectivity index (χ0) is 13.9. The van der Waals surface area contributed by atoms with Gasteiger partial charge in [-0.3, -0.25) is 0 Å². The molecule has 0 saturated heterocycles. The van der Waals surface area contributed by atoms with E-state index in [1.54, 1.807) is 0 Å². The molecule has 0 fully saturated rings. The van der Waals surface area contributed by atoms with E-state index >= 15 is 0 Å². The standard InChI is InChI=1S/C17H17ClN2/c1-13-4-2-7-17-16(13)8-10-20(17)11-9-19-15-6-3-5-14(18)12-15/h2-8,10,12,19H,9,11H2,1H3. The minimum absolute atomic E-state index is 0.761. The second-order valence-corrected chi connectivity index (χ2v) is 5.39. The molecule has 3 aromatic rings. The molecule has 0 spiro atoms. The average Bonchev–Trinajstić information content (AvgIpc) is 2.84. The predicted octanol–water partition coefficient (Wildman–Crippen LogP) is 4.72. The van der Waals surface area contributed by atoms with Crippen LogP contribution >= 0.6 is 11.6 Å². The third-order valence-corrected chi connectivity index (χ3v) is 3.77. The number of aryl methyl sites for hydroxylation is 1. The van der Waals surface area contributed by atoms with Crippen molar-refractivity contribution in [2.75, 3.05) is 11.9 Å². The van der Waals surface area contributed by atoms with E-state index in [9.17, 15) is 0 Å². The second-order valence-electron chi connectivity index (χ2n) is 4.95. The summed E-state index contributed by atoms with van der Waals surface area (Å²) in [5.74, 6) is 0. The molecular formula is C17H17ClN2. The van der Waals surface area contributed by atoms with Crippen LogP contribution in [-0.4, -0.2) is 11.1 Å². The number of rotatable bonds is 4. The summed E-state index contributed by atoms with van der Waals surface area (Å²) in [5.41, 5.74) is 3.67. The molecule has 0 aliphatic rings. The summed E-state index contributed by atoms with van der Waals surface area (Å²) in [5, 5.41) is 5.49. The Morgan fingerprint density at radius 3 is 2.80 bits per heavy atom. The maximum atomic E-state index is 5.97. The molecule has 0 bridgehead atoms. The Bertz CT molecular complexity index is 731. The van der Waals surface area contributed by atoms with E-state index in [0.29, 0.717) is 0 Å². The highest BCUT2D eigenvalue weighted by atomic mass is 35.5. The zero-order valence-electron chi connectivity index (χ0n) is 11.4. The van der Waals surface area contributed by atoms with Crippen LogP contribution in [0.25, 0.3) is 10.9 Å². The fourth-order valence-corrected chi connectivity index (χ4v) is 2.68. The summed E-state index contributed by atoms with van der Waals surface area (Å²) in [6.07, 6.45) is 2.15. The van der Waals surface area contributed by atoms with Crippen molar-refractivity contribution in [1.29, 1.82) is 0 Å². The lowest BCUT2D eigenvalue weighted by molar-refractivity contribution is 0.757. The first-order valence-corrected chi connectivity index (χ1v) is 7.16. The monoisotopic (exact) mass is 284 g/mol. The second kappa shape index (κ2) is 5.59. The molecule has 0 radical (unpaired) electrons. The molecular weight excluding hydrogens is 268 g/mol. The van der Waals surface area contributed by atoms with Gasteiger partial charge in [0.15, 0.2) is 0 Å². The third kappa shape index (κ3) is 2.66. The van der Waals surface area contributed by atoms with Gasteiger partial charge in [-0.15, -0.1) is 0 Å². The minimum atomic E-state index is 0.761. The quantitative estimate of drug-likeness (QED) is 0.734. The van der Waals surface area contributed by atoms with Crippen molar-refractivity contribution in [2.24, 2.45) is 0 Å². The van der Waals surface area contributed by atoms with E-state index in [1.165, 1.54) is 16.5 Å². The van der Waals surface area contributed by atoms with Crippen LogP contribution in [-0.2, 0) is 6.54 Å². The molecule has 3 heteroatoms. The Labute approximate surface area is 124 Å². The van der Waals surface area contributed by atoms with Gasteiger partial charge in [-0.1, -0.05) is 29.8 Å². The zero-order valence-corrected chi connectivity index (χ0v) is 12.2. The summed E-state index contributed by atoms with van der Waals surface area (Å²) in [7, 11) is 0. The van der Waals surface area contributed by atoms with Crippen molar-refractivity contribution in [3.63, 3.8) is 0 Å². The highest BCUT2D eigenvalue weighted by molar-refractivity contribution is 6.30. The first kappa shape index (κ1) is 13.1. The summed E-state index contributed by atoms with van der Waals surface area (Å²) >= 11 is 5.97. The minimum Gasteiger partial charge on any atom is -0.383 e. The SMILES string of the molecule is Cc1cccc2c1ccn2CCNc1cccc(Cl)c1. The lowest BCUT2D eigenvalue weighted by Gasteiger charge is -2.09. The van der Waals surface area contributed by atoms with E-state index in [0.717, 1.165) is 23.8 Å². The van der Waals surface area contributed by atoms with Gasteiger partial charge in [0.05, 0.1) is 0 Å². The van der Waals surface area contributed by atoms with Gasteiger partial charge in [-0.25, -0.2) is 0 Å². The fourth-order valence-electron chi connectivity index (χ4n) is 2.49. The van der Waals surface area contributed by atoms with Gasteiger partial charge in [0.2, 0.25) is 0 Å². The largest absolute Gasteiger partial charge is 0.383 e.